The van der Waals surface area contributed by atoms with Gasteiger partial charge < -0.3 is 9.84 Å². The van der Waals surface area contributed by atoms with Gasteiger partial charge in [-0.15, -0.1) is 0 Å². The number of ether oxygens (including phenoxy) is 1. The Kier molecular flexibility index (Phi) is 7.15. The predicted octanol–water partition coefficient (Wildman–Crippen LogP) is 1.69. The van der Waals surface area contributed by atoms with Crippen molar-refractivity contribution in [2.75, 3.05) is 38.5 Å². The van der Waals surface area contributed by atoms with Gasteiger partial charge in [0.15, 0.2) is 0 Å². The van der Waals surface area contributed by atoms with Gasteiger partial charge in [-0.25, -0.2) is 17.5 Å². The molecule has 3 fully saturated rings. The number of carboxylic acids is 1. The van der Waals surface area contributed by atoms with Gasteiger partial charge >= 0.3 is 12.1 Å². The lowest BCUT2D eigenvalue weighted by Crippen LogP contribution is -2.47. The summed E-state index contributed by atoms with van der Waals surface area (Å²) < 4.78 is 63.3. The summed E-state index contributed by atoms with van der Waals surface area (Å²) >= 11 is 0. The summed E-state index contributed by atoms with van der Waals surface area (Å²) in [6.45, 7) is 6.22. The van der Waals surface area contributed by atoms with E-state index in [1.54, 1.807) is 11.2 Å². The molecule has 27 heavy (non-hydrogen) atoms. The predicted molar refractivity (Wildman–Crippen MR) is 91.9 cm³/mol. The van der Waals surface area contributed by atoms with Gasteiger partial charge in [0.2, 0.25) is 10.0 Å². The van der Waals surface area contributed by atoms with E-state index in [1.165, 1.54) is 25.9 Å². The Balaban J connectivity index is 0.000000321. The SMILES string of the molecule is CCS(=O)(=O)N1CCC2(CC1)CC(N1CCCC1)CO2.O=C(O)C(F)(F)F. The molecule has 3 aliphatic heterocycles. The van der Waals surface area contributed by atoms with Gasteiger partial charge in [0, 0.05) is 19.1 Å². The number of rotatable bonds is 3. The molecule has 0 radical (unpaired) electrons. The number of carboxylic acid groups (broad SMARTS) is 1. The zero-order valence-electron chi connectivity index (χ0n) is 15.4. The summed E-state index contributed by atoms with van der Waals surface area (Å²) in [5.41, 5.74) is -0.0486. The monoisotopic (exact) mass is 416 g/mol. The molecule has 0 aliphatic carbocycles. The number of nitrogens with zero attached hydrogens (tertiary/aromatic N) is 2. The molecular formula is C16H27F3N2O5S. The normalized spacial score (nSPS) is 26.7. The number of carbonyl (C=O) groups is 1. The lowest BCUT2D eigenvalue weighted by molar-refractivity contribution is -0.192. The molecular weight excluding hydrogens is 389 g/mol. The molecule has 3 rings (SSSR count). The number of hydrogen-bond donors (Lipinski definition) is 1. The van der Waals surface area contributed by atoms with Crippen molar-refractivity contribution in [3.63, 3.8) is 0 Å². The molecule has 0 saturated carbocycles. The summed E-state index contributed by atoms with van der Waals surface area (Å²) in [5, 5.41) is 7.12. The molecule has 11 heteroatoms. The first kappa shape index (κ1) is 22.4. The van der Waals surface area contributed by atoms with Crippen LogP contribution >= 0.6 is 0 Å². The van der Waals surface area contributed by atoms with Crippen LogP contribution in [0.2, 0.25) is 0 Å². The van der Waals surface area contributed by atoms with E-state index in [0.29, 0.717) is 19.1 Å². The highest BCUT2D eigenvalue weighted by Gasteiger charge is 2.45. The van der Waals surface area contributed by atoms with Crippen LogP contribution in [0.3, 0.4) is 0 Å². The quantitative estimate of drug-likeness (QED) is 0.754. The third-order valence-corrected chi connectivity index (χ3v) is 7.36. The third kappa shape index (κ3) is 5.78. The van der Waals surface area contributed by atoms with Crippen LogP contribution in [0.25, 0.3) is 0 Å². The summed E-state index contributed by atoms with van der Waals surface area (Å²) in [4.78, 5) is 11.5. The Morgan fingerprint density at radius 2 is 1.70 bits per heavy atom. The molecule has 0 aromatic rings. The summed E-state index contributed by atoms with van der Waals surface area (Å²) in [6.07, 6.45) is 0.345. The molecule has 3 aliphatic rings. The first-order valence-corrected chi connectivity index (χ1v) is 10.8. The van der Waals surface area contributed by atoms with Crippen molar-refractivity contribution in [3.05, 3.63) is 0 Å². The number of sulfonamides is 1. The van der Waals surface area contributed by atoms with Gasteiger partial charge in [0.05, 0.1) is 18.0 Å². The van der Waals surface area contributed by atoms with Gasteiger partial charge in [-0.2, -0.15) is 13.2 Å². The molecule has 0 bridgehead atoms. The fourth-order valence-corrected chi connectivity index (χ4v) is 4.97. The van der Waals surface area contributed by atoms with Gasteiger partial charge in [0.25, 0.3) is 0 Å². The van der Waals surface area contributed by atoms with Gasteiger partial charge in [-0.05, 0) is 52.1 Å². The number of piperidine rings is 1. The average molecular weight is 416 g/mol. The first-order valence-electron chi connectivity index (χ1n) is 9.15. The lowest BCUT2D eigenvalue weighted by atomic mass is 9.88. The summed E-state index contributed by atoms with van der Waals surface area (Å²) in [6, 6.07) is 0.562. The Morgan fingerprint density at radius 3 is 2.15 bits per heavy atom. The largest absolute Gasteiger partial charge is 0.490 e. The molecule has 0 aromatic heterocycles. The van der Waals surface area contributed by atoms with Gasteiger partial charge in [-0.1, -0.05) is 0 Å². The van der Waals surface area contributed by atoms with Crippen LogP contribution < -0.4 is 0 Å². The Hall–Kier alpha value is -0.910. The smallest absolute Gasteiger partial charge is 0.475 e. The molecule has 7 nitrogen and oxygen atoms in total. The molecule has 0 amide bonds. The van der Waals surface area contributed by atoms with Crippen molar-refractivity contribution in [3.8, 4) is 0 Å². The van der Waals surface area contributed by atoms with E-state index in [-0.39, 0.29) is 11.4 Å². The van der Waals surface area contributed by atoms with Crippen LogP contribution in [0.1, 0.15) is 39.0 Å². The molecule has 3 saturated heterocycles. The van der Waals surface area contributed by atoms with Crippen LogP contribution in [0, 0.1) is 0 Å². The van der Waals surface area contributed by atoms with Crippen LogP contribution in [-0.4, -0.2) is 85.1 Å². The first-order chi connectivity index (χ1) is 12.5. The number of hydrogen-bond acceptors (Lipinski definition) is 5. The Labute approximate surface area is 157 Å². The number of alkyl halides is 3. The van der Waals surface area contributed by atoms with Crippen molar-refractivity contribution in [2.24, 2.45) is 0 Å². The van der Waals surface area contributed by atoms with E-state index < -0.39 is 22.2 Å². The van der Waals surface area contributed by atoms with Gasteiger partial charge in [-0.3, -0.25) is 4.90 Å². The minimum Gasteiger partial charge on any atom is -0.475 e. The van der Waals surface area contributed by atoms with Crippen molar-refractivity contribution >= 4 is 16.0 Å². The summed E-state index contributed by atoms with van der Waals surface area (Å²) in [7, 11) is -3.03. The van der Waals surface area contributed by atoms with Crippen LogP contribution in [0.4, 0.5) is 13.2 Å². The standard InChI is InChI=1S/C14H26N2O3S.C2HF3O2/c1-2-20(17,18)16-9-5-14(6-10-16)11-13(12-19-14)15-7-3-4-8-15;3-2(4,5)1(6)7/h13H,2-12H2,1H3;(H,6,7). The second-order valence-corrected chi connectivity index (χ2v) is 9.46. The van der Waals surface area contributed by atoms with Crippen LogP contribution in [0.5, 0.6) is 0 Å². The Morgan fingerprint density at radius 1 is 1.19 bits per heavy atom. The van der Waals surface area contributed by atoms with Crippen LogP contribution in [-0.2, 0) is 19.6 Å². The van der Waals surface area contributed by atoms with Crippen LogP contribution in [0.15, 0.2) is 0 Å². The topological polar surface area (TPSA) is 87.2 Å². The molecule has 1 unspecified atom stereocenters. The number of likely N-dealkylation sites (tertiary alicyclic amines) is 1. The van der Waals surface area contributed by atoms with Crippen molar-refractivity contribution < 1.29 is 36.2 Å². The van der Waals surface area contributed by atoms with E-state index in [2.05, 4.69) is 4.90 Å². The highest BCUT2D eigenvalue weighted by Crippen LogP contribution is 2.38. The molecule has 1 atom stereocenters. The third-order valence-electron chi connectivity index (χ3n) is 5.48. The zero-order valence-corrected chi connectivity index (χ0v) is 16.2. The molecule has 0 aromatic carbocycles. The zero-order chi connectivity index (χ0) is 20.3. The minimum atomic E-state index is -5.08. The summed E-state index contributed by atoms with van der Waals surface area (Å²) in [5.74, 6) is -2.55. The fraction of sp³-hybridized carbons (Fsp3) is 0.938. The van der Waals surface area contributed by atoms with Crippen molar-refractivity contribution in [1.29, 1.82) is 0 Å². The molecule has 1 spiro atoms. The lowest BCUT2D eigenvalue weighted by Gasteiger charge is -2.38. The van der Waals surface area contributed by atoms with E-state index in [1.807, 2.05) is 0 Å². The van der Waals surface area contributed by atoms with E-state index >= 15 is 0 Å². The maximum Gasteiger partial charge on any atom is 0.490 e. The highest BCUT2D eigenvalue weighted by molar-refractivity contribution is 7.89. The maximum absolute atomic E-state index is 11.9. The Bertz CT molecular complexity index is 612. The van der Waals surface area contributed by atoms with E-state index in [0.717, 1.165) is 25.9 Å². The molecule has 3 heterocycles. The number of halogens is 3. The number of aliphatic carboxylic acids is 1. The van der Waals surface area contributed by atoms with Crippen molar-refractivity contribution in [1.82, 2.24) is 9.21 Å². The highest BCUT2D eigenvalue weighted by atomic mass is 32.2. The molecule has 158 valence electrons. The minimum absolute atomic E-state index is 0.0486. The average Bonchev–Trinajstić information content (AvgIpc) is 3.25. The van der Waals surface area contributed by atoms with E-state index in [4.69, 9.17) is 14.6 Å². The second-order valence-electron chi connectivity index (χ2n) is 7.20. The van der Waals surface area contributed by atoms with Gasteiger partial charge in [0.1, 0.15) is 0 Å². The van der Waals surface area contributed by atoms with E-state index in [9.17, 15) is 21.6 Å². The van der Waals surface area contributed by atoms with Crippen molar-refractivity contribution in [2.45, 2.75) is 56.8 Å². The fourth-order valence-electron chi connectivity index (χ4n) is 3.86. The maximum atomic E-state index is 11.9. The second kappa shape index (κ2) is 8.62. The molecule has 1 N–H and O–H groups in total.